The van der Waals surface area contributed by atoms with Crippen LogP contribution >= 0.6 is 11.6 Å². The van der Waals surface area contributed by atoms with E-state index in [0.717, 1.165) is 18.4 Å². The second-order valence-corrected chi connectivity index (χ2v) is 10.1. The minimum absolute atomic E-state index is 0.0161. The number of aliphatic hydroxyl groups excluding tert-OH is 1. The van der Waals surface area contributed by atoms with Gasteiger partial charge in [0.2, 0.25) is 5.60 Å². The average Bonchev–Trinajstić information content (AvgIpc) is 3.01. The van der Waals surface area contributed by atoms with Crippen LogP contribution in [0.15, 0.2) is 23.8 Å². The Bertz CT molecular complexity index is 882. The summed E-state index contributed by atoms with van der Waals surface area (Å²) in [6.07, 6.45) is 6.31. The molecule has 7 atom stereocenters. The van der Waals surface area contributed by atoms with Crippen LogP contribution in [-0.4, -0.2) is 47.4 Å². The summed E-state index contributed by atoms with van der Waals surface area (Å²) in [6.45, 7) is 5.77. The van der Waals surface area contributed by atoms with E-state index in [1.807, 2.05) is 13.0 Å². The SMILES string of the molecule is CCOC(=O)OC1(C(=O)OCCl)CC[C@H]2[C@@H]3CCC4=CC(=O)C=C[C@]4(C)[C@H]3[C@@H](O)C[C@@]21C. The molecular weight excluding hydrogens is 436 g/mol. The van der Waals surface area contributed by atoms with Crippen LogP contribution < -0.4 is 0 Å². The highest BCUT2D eigenvalue weighted by molar-refractivity contribution is 6.17. The van der Waals surface area contributed by atoms with Gasteiger partial charge in [-0.05, 0) is 63.0 Å². The molecule has 0 radical (unpaired) electrons. The highest BCUT2D eigenvalue weighted by Gasteiger charge is 2.71. The lowest BCUT2D eigenvalue weighted by atomic mass is 9.46. The second kappa shape index (κ2) is 8.17. The Kier molecular flexibility index (Phi) is 5.95. The predicted octanol–water partition coefficient (Wildman–Crippen LogP) is 3.92. The normalized spacial score (nSPS) is 42.3. The van der Waals surface area contributed by atoms with Crippen LogP contribution in [-0.2, 0) is 23.8 Å². The molecule has 4 aliphatic rings. The molecule has 7 nitrogen and oxygen atoms in total. The smallest absolute Gasteiger partial charge is 0.446 e. The van der Waals surface area contributed by atoms with Gasteiger partial charge in [-0.15, -0.1) is 0 Å². The van der Waals surface area contributed by atoms with Gasteiger partial charge in [-0.25, -0.2) is 9.59 Å². The van der Waals surface area contributed by atoms with E-state index in [0.29, 0.717) is 6.42 Å². The molecule has 0 amide bonds. The van der Waals surface area contributed by atoms with Crippen molar-refractivity contribution in [2.75, 3.05) is 12.7 Å². The van der Waals surface area contributed by atoms with E-state index >= 15 is 0 Å². The maximum Gasteiger partial charge on any atom is 0.509 e. The number of alkyl halides is 1. The highest BCUT2D eigenvalue weighted by Crippen LogP contribution is 2.68. The molecule has 0 spiro atoms. The van der Waals surface area contributed by atoms with Crippen LogP contribution in [0.2, 0.25) is 0 Å². The van der Waals surface area contributed by atoms with Crippen LogP contribution in [0.5, 0.6) is 0 Å². The zero-order valence-corrected chi connectivity index (χ0v) is 19.5. The number of hydrogen-bond acceptors (Lipinski definition) is 7. The van der Waals surface area contributed by atoms with Crippen molar-refractivity contribution in [1.29, 1.82) is 0 Å². The van der Waals surface area contributed by atoms with Crippen molar-refractivity contribution in [3.63, 3.8) is 0 Å². The third-order valence-corrected chi connectivity index (χ3v) is 8.76. The van der Waals surface area contributed by atoms with Gasteiger partial charge in [-0.2, -0.15) is 0 Å². The van der Waals surface area contributed by atoms with Gasteiger partial charge in [-0.3, -0.25) is 4.79 Å². The van der Waals surface area contributed by atoms with Crippen LogP contribution in [0.3, 0.4) is 0 Å². The summed E-state index contributed by atoms with van der Waals surface area (Å²) in [4.78, 5) is 37.5. The van der Waals surface area contributed by atoms with E-state index in [1.165, 1.54) is 0 Å². The molecule has 0 aromatic carbocycles. The summed E-state index contributed by atoms with van der Waals surface area (Å²) in [5.74, 6) is -0.676. The number of ketones is 1. The zero-order valence-electron chi connectivity index (χ0n) is 18.8. The first-order chi connectivity index (χ1) is 15.1. The van der Waals surface area contributed by atoms with E-state index in [-0.39, 0.29) is 49.1 Å². The van der Waals surface area contributed by atoms with Crippen LogP contribution in [0, 0.1) is 28.6 Å². The Morgan fingerprint density at radius 3 is 2.69 bits per heavy atom. The molecule has 0 aromatic rings. The molecular formula is C24H31ClO7. The summed E-state index contributed by atoms with van der Waals surface area (Å²) in [5, 5.41) is 11.5. The van der Waals surface area contributed by atoms with Crippen molar-refractivity contribution in [2.45, 2.75) is 64.6 Å². The van der Waals surface area contributed by atoms with Crippen molar-refractivity contribution in [3.05, 3.63) is 23.8 Å². The number of carbonyl (C=O) groups is 3. The van der Waals surface area contributed by atoms with Crippen LogP contribution in [0.25, 0.3) is 0 Å². The molecule has 4 aliphatic carbocycles. The van der Waals surface area contributed by atoms with Crippen molar-refractivity contribution >= 4 is 29.5 Å². The third kappa shape index (κ3) is 3.23. The quantitative estimate of drug-likeness (QED) is 0.495. The van der Waals surface area contributed by atoms with Gasteiger partial charge in [0.1, 0.15) is 0 Å². The molecule has 1 N–H and O–H groups in total. The van der Waals surface area contributed by atoms with Crippen molar-refractivity contribution < 1.29 is 33.7 Å². The minimum Gasteiger partial charge on any atom is -0.446 e. The number of carbonyl (C=O) groups excluding carboxylic acids is 3. The second-order valence-electron chi connectivity index (χ2n) is 9.90. The molecule has 4 rings (SSSR count). The summed E-state index contributed by atoms with van der Waals surface area (Å²) < 4.78 is 15.9. The largest absolute Gasteiger partial charge is 0.509 e. The number of rotatable bonds is 4. The number of hydrogen-bond donors (Lipinski definition) is 1. The van der Waals surface area contributed by atoms with Crippen molar-refractivity contribution in [1.82, 2.24) is 0 Å². The monoisotopic (exact) mass is 466 g/mol. The number of fused-ring (bicyclic) bond motifs is 5. The Morgan fingerprint density at radius 2 is 2.00 bits per heavy atom. The fourth-order valence-electron chi connectivity index (χ4n) is 7.31. The molecule has 0 aromatic heterocycles. The summed E-state index contributed by atoms with van der Waals surface area (Å²) in [5.41, 5.74) is -1.76. The van der Waals surface area contributed by atoms with Crippen LogP contribution in [0.1, 0.15) is 52.9 Å². The van der Waals surface area contributed by atoms with Gasteiger partial charge in [-0.1, -0.05) is 37.1 Å². The lowest BCUT2D eigenvalue weighted by molar-refractivity contribution is -0.199. The van der Waals surface area contributed by atoms with E-state index in [2.05, 4.69) is 6.92 Å². The molecule has 0 bridgehead atoms. The molecule has 1 unspecified atom stereocenters. The maximum absolute atomic E-state index is 13.2. The summed E-state index contributed by atoms with van der Waals surface area (Å²) in [7, 11) is 0. The number of allylic oxidation sites excluding steroid dienone is 4. The lowest BCUT2D eigenvalue weighted by Gasteiger charge is -2.59. The van der Waals surface area contributed by atoms with Crippen molar-refractivity contribution in [3.8, 4) is 0 Å². The Morgan fingerprint density at radius 1 is 1.25 bits per heavy atom. The average molecular weight is 467 g/mol. The van der Waals surface area contributed by atoms with Gasteiger partial charge in [0.25, 0.3) is 0 Å². The van der Waals surface area contributed by atoms with E-state index in [9.17, 15) is 19.5 Å². The predicted molar refractivity (Wildman–Crippen MR) is 116 cm³/mol. The van der Waals surface area contributed by atoms with Crippen molar-refractivity contribution in [2.24, 2.45) is 28.6 Å². The lowest BCUT2D eigenvalue weighted by Crippen LogP contribution is -2.62. The standard InChI is InChI=1S/C24H31ClO7/c1-4-30-21(29)32-24(20(28)31-13-25)10-8-17-16-6-5-14-11-15(26)7-9-22(14,2)19(16)18(27)12-23(17,24)3/h7,9,11,16-19,27H,4-6,8,10,12-13H2,1-3H3/t16-,17-,18-,19+,22-,23-,24?/m0/s1. The fraction of sp³-hybridized carbons (Fsp3) is 0.708. The van der Waals surface area contributed by atoms with E-state index in [1.54, 1.807) is 19.1 Å². The molecule has 32 heavy (non-hydrogen) atoms. The Balaban J connectivity index is 1.73. The number of esters is 1. The molecule has 3 saturated carbocycles. The maximum atomic E-state index is 13.2. The van der Waals surface area contributed by atoms with E-state index in [4.69, 9.17) is 25.8 Å². The first kappa shape index (κ1) is 23.3. The Hall–Kier alpha value is -1.86. The van der Waals surface area contributed by atoms with E-state index < -0.39 is 34.7 Å². The van der Waals surface area contributed by atoms with Crippen LogP contribution in [0.4, 0.5) is 4.79 Å². The Labute approximate surface area is 193 Å². The van der Waals surface area contributed by atoms with Gasteiger partial charge in [0.05, 0.1) is 12.7 Å². The van der Waals surface area contributed by atoms with Gasteiger partial charge < -0.3 is 19.3 Å². The van der Waals surface area contributed by atoms with Gasteiger partial charge in [0, 0.05) is 16.7 Å². The molecule has 8 heteroatoms. The third-order valence-electron chi connectivity index (χ3n) is 8.65. The number of ether oxygens (including phenoxy) is 3. The summed E-state index contributed by atoms with van der Waals surface area (Å²) >= 11 is 5.70. The number of halogens is 1. The topological polar surface area (TPSA) is 99.1 Å². The molecule has 0 aliphatic heterocycles. The van der Waals surface area contributed by atoms with Gasteiger partial charge in [0.15, 0.2) is 11.8 Å². The first-order valence-electron chi connectivity index (χ1n) is 11.3. The molecule has 176 valence electrons. The zero-order chi connectivity index (χ0) is 23.3. The first-order valence-corrected chi connectivity index (χ1v) is 11.9. The molecule has 0 heterocycles. The number of aliphatic hydroxyl groups is 1. The fourth-order valence-corrected chi connectivity index (χ4v) is 7.41. The molecule has 0 saturated heterocycles. The summed E-state index contributed by atoms with van der Waals surface area (Å²) in [6, 6.07) is -0.354. The minimum atomic E-state index is -1.57. The van der Waals surface area contributed by atoms with Gasteiger partial charge >= 0.3 is 12.1 Å². The highest BCUT2D eigenvalue weighted by atomic mass is 35.5. The molecule has 3 fully saturated rings.